The maximum Gasteiger partial charge on any atom is 0.306 e. The van der Waals surface area contributed by atoms with Crippen molar-refractivity contribution in [2.45, 2.75) is 239 Å². The van der Waals surface area contributed by atoms with Crippen LogP contribution in [-0.2, 0) is 28.6 Å². The van der Waals surface area contributed by atoms with E-state index in [4.69, 9.17) is 14.2 Å². The van der Waals surface area contributed by atoms with Gasteiger partial charge in [0.1, 0.15) is 13.2 Å². The second-order valence-corrected chi connectivity index (χ2v) is 16.3. The van der Waals surface area contributed by atoms with Gasteiger partial charge < -0.3 is 14.2 Å². The quantitative estimate of drug-likeness (QED) is 0.0263. The van der Waals surface area contributed by atoms with E-state index in [9.17, 15) is 14.4 Å². The first-order valence-corrected chi connectivity index (χ1v) is 24.9. The van der Waals surface area contributed by atoms with Crippen molar-refractivity contribution in [1.82, 2.24) is 0 Å². The van der Waals surface area contributed by atoms with Gasteiger partial charge in [-0.15, -0.1) is 0 Å². The number of hydrogen-bond donors (Lipinski definition) is 0. The largest absolute Gasteiger partial charge is 0.462 e. The van der Waals surface area contributed by atoms with Crippen LogP contribution in [0.4, 0.5) is 0 Å². The second kappa shape index (κ2) is 48.5. The van der Waals surface area contributed by atoms with Crippen LogP contribution in [0.2, 0.25) is 0 Å². The summed E-state index contributed by atoms with van der Waals surface area (Å²) in [7, 11) is 0. The zero-order chi connectivity index (χ0) is 43.7. The first-order chi connectivity index (χ1) is 29.5. The highest BCUT2D eigenvalue weighted by molar-refractivity contribution is 5.71. The molecule has 0 fully saturated rings. The Kier molecular flexibility index (Phi) is 46.0. The van der Waals surface area contributed by atoms with Gasteiger partial charge in [-0.2, -0.15) is 0 Å². The molecule has 6 nitrogen and oxygen atoms in total. The minimum absolute atomic E-state index is 0.105. The lowest BCUT2D eigenvalue weighted by Crippen LogP contribution is -2.30. The normalized spacial score (nSPS) is 12.7. The Hall–Kier alpha value is -3.15. The summed E-state index contributed by atoms with van der Waals surface area (Å²) in [6.07, 6.45) is 60.4. The minimum Gasteiger partial charge on any atom is -0.462 e. The summed E-state index contributed by atoms with van der Waals surface area (Å²) >= 11 is 0. The van der Waals surface area contributed by atoms with Gasteiger partial charge in [-0.05, 0) is 77.0 Å². The molecule has 1 atom stereocenters. The third-order valence-corrected chi connectivity index (χ3v) is 10.5. The molecule has 0 bridgehead atoms. The molecule has 0 aromatic rings. The lowest BCUT2D eigenvalue weighted by atomic mass is 10.1. The van der Waals surface area contributed by atoms with Crippen LogP contribution in [0.15, 0.2) is 72.9 Å². The molecule has 6 heteroatoms. The summed E-state index contributed by atoms with van der Waals surface area (Å²) < 4.78 is 16.7. The highest BCUT2D eigenvalue weighted by Crippen LogP contribution is 2.14. The van der Waals surface area contributed by atoms with E-state index in [-0.39, 0.29) is 31.6 Å². The van der Waals surface area contributed by atoms with Gasteiger partial charge in [-0.25, -0.2) is 0 Å². The Morgan fingerprint density at radius 3 is 1.08 bits per heavy atom. The molecule has 0 saturated carbocycles. The summed E-state index contributed by atoms with van der Waals surface area (Å²) in [4.78, 5) is 37.8. The van der Waals surface area contributed by atoms with Gasteiger partial charge in [-0.1, -0.05) is 209 Å². The number of carbonyl (C=O) groups is 3. The number of carbonyl (C=O) groups excluding carboxylic acids is 3. The predicted octanol–water partition coefficient (Wildman–Crippen LogP) is 16.3. The van der Waals surface area contributed by atoms with Crippen LogP contribution in [0.5, 0.6) is 0 Å². The van der Waals surface area contributed by atoms with Crippen LogP contribution >= 0.6 is 0 Å². The fourth-order valence-corrected chi connectivity index (χ4v) is 6.72. The van der Waals surface area contributed by atoms with Gasteiger partial charge in [0.2, 0.25) is 0 Å². The average Bonchev–Trinajstić information content (AvgIpc) is 3.24. The Morgan fingerprint density at radius 1 is 0.350 bits per heavy atom. The van der Waals surface area contributed by atoms with Gasteiger partial charge in [-0.3, -0.25) is 14.4 Å². The highest BCUT2D eigenvalue weighted by Gasteiger charge is 2.19. The fraction of sp³-hybridized carbons (Fsp3) is 0.722. The van der Waals surface area contributed by atoms with Crippen molar-refractivity contribution in [1.29, 1.82) is 0 Å². The van der Waals surface area contributed by atoms with Crippen molar-refractivity contribution >= 4 is 17.9 Å². The maximum absolute atomic E-state index is 12.7. The fourth-order valence-electron chi connectivity index (χ4n) is 6.72. The second-order valence-electron chi connectivity index (χ2n) is 16.3. The van der Waals surface area contributed by atoms with Crippen LogP contribution in [-0.4, -0.2) is 37.2 Å². The number of esters is 3. The summed E-state index contributed by atoms with van der Waals surface area (Å²) in [6, 6.07) is 0. The van der Waals surface area contributed by atoms with Gasteiger partial charge in [0.25, 0.3) is 0 Å². The molecular weight excluding hydrogens is 745 g/mol. The van der Waals surface area contributed by atoms with E-state index in [2.05, 4.69) is 81.5 Å². The lowest BCUT2D eigenvalue weighted by Gasteiger charge is -2.18. The van der Waals surface area contributed by atoms with E-state index in [1.165, 1.54) is 116 Å². The summed E-state index contributed by atoms with van der Waals surface area (Å²) in [5.74, 6) is -0.997. The van der Waals surface area contributed by atoms with E-state index >= 15 is 0 Å². The Bertz CT molecular complexity index is 1140. The maximum atomic E-state index is 12.7. The minimum atomic E-state index is -0.813. The molecule has 0 aromatic heterocycles. The third-order valence-electron chi connectivity index (χ3n) is 10.5. The molecule has 0 aliphatic rings. The van der Waals surface area contributed by atoms with E-state index in [0.29, 0.717) is 19.3 Å². The molecule has 0 heterocycles. The van der Waals surface area contributed by atoms with Crippen LogP contribution < -0.4 is 0 Å². The lowest BCUT2D eigenvalue weighted by molar-refractivity contribution is -0.166. The van der Waals surface area contributed by atoms with Crippen molar-refractivity contribution in [3.05, 3.63) is 72.9 Å². The van der Waals surface area contributed by atoms with Gasteiger partial charge in [0.15, 0.2) is 6.10 Å². The number of rotatable bonds is 44. The Balaban J connectivity index is 4.44. The molecule has 0 N–H and O–H groups in total. The number of unbranched alkanes of at least 4 members (excludes halogenated alkanes) is 21. The molecule has 344 valence electrons. The standard InChI is InChI=1S/C54H92O6/c1-4-7-10-13-16-19-21-23-25-27-29-30-32-35-38-41-44-47-53(56)59-50-51(49-58-52(55)46-43-40-37-34-18-15-12-9-6-3)60-54(57)48-45-42-39-36-33-31-28-26-24-22-20-17-14-11-8-5-2/h8,11,17,20,23-26,31,33,39,42,51H,4-7,9-10,12-16,18-19,21-22,27-30,32,34-38,40-41,43-50H2,1-3H3/b11-8-,20-17-,25-23-,26-24-,33-31-,42-39-. The zero-order valence-electron chi connectivity index (χ0n) is 39.2. The molecule has 0 saturated heterocycles. The number of hydrogen-bond acceptors (Lipinski definition) is 6. The van der Waals surface area contributed by atoms with Crippen LogP contribution in [0.3, 0.4) is 0 Å². The molecule has 1 unspecified atom stereocenters. The Labute approximate surface area is 370 Å². The monoisotopic (exact) mass is 837 g/mol. The molecule has 0 aliphatic heterocycles. The highest BCUT2D eigenvalue weighted by atomic mass is 16.6. The molecule has 60 heavy (non-hydrogen) atoms. The van der Waals surface area contributed by atoms with E-state index in [1.807, 2.05) is 12.2 Å². The van der Waals surface area contributed by atoms with Crippen LogP contribution in [0, 0.1) is 0 Å². The first-order valence-electron chi connectivity index (χ1n) is 24.9. The topological polar surface area (TPSA) is 78.9 Å². The first kappa shape index (κ1) is 56.9. The molecule has 0 aromatic carbocycles. The molecule has 0 amide bonds. The molecular formula is C54H92O6. The third kappa shape index (κ3) is 45.9. The van der Waals surface area contributed by atoms with Crippen molar-refractivity contribution < 1.29 is 28.6 Å². The van der Waals surface area contributed by atoms with Crippen molar-refractivity contribution in [3.8, 4) is 0 Å². The summed E-state index contributed by atoms with van der Waals surface area (Å²) in [5.41, 5.74) is 0. The van der Waals surface area contributed by atoms with Gasteiger partial charge in [0.05, 0.1) is 0 Å². The van der Waals surface area contributed by atoms with Crippen molar-refractivity contribution in [2.75, 3.05) is 13.2 Å². The summed E-state index contributed by atoms with van der Waals surface area (Å²) in [6.45, 7) is 6.43. The van der Waals surface area contributed by atoms with Crippen LogP contribution in [0.1, 0.15) is 233 Å². The Morgan fingerprint density at radius 2 is 0.683 bits per heavy atom. The number of ether oxygens (including phenoxy) is 3. The molecule has 0 rings (SSSR count). The smallest absolute Gasteiger partial charge is 0.306 e. The van der Waals surface area contributed by atoms with Gasteiger partial charge in [0, 0.05) is 19.3 Å². The summed E-state index contributed by atoms with van der Waals surface area (Å²) in [5, 5.41) is 0. The molecule has 0 aliphatic carbocycles. The van der Waals surface area contributed by atoms with E-state index in [1.54, 1.807) is 0 Å². The molecule has 0 spiro atoms. The van der Waals surface area contributed by atoms with Crippen molar-refractivity contribution in [3.63, 3.8) is 0 Å². The van der Waals surface area contributed by atoms with E-state index in [0.717, 1.165) is 70.6 Å². The average molecular weight is 837 g/mol. The number of allylic oxidation sites excluding steroid dienone is 12. The van der Waals surface area contributed by atoms with Gasteiger partial charge >= 0.3 is 17.9 Å². The predicted molar refractivity (Wildman–Crippen MR) is 256 cm³/mol. The molecule has 0 radical (unpaired) electrons. The van der Waals surface area contributed by atoms with E-state index < -0.39 is 12.1 Å². The van der Waals surface area contributed by atoms with Crippen molar-refractivity contribution in [2.24, 2.45) is 0 Å². The SMILES string of the molecule is CC/C=C\C/C=C\C/C=C\C/C=C\C/C=C\CCC(=O)OC(COC(=O)CCCCCCCCC/C=C\CCCCCCCC)COC(=O)CCCCCCCCCCC. The zero-order valence-corrected chi connectivity index (χ0v) is 39.2. The van der Waals surface area contributed by atoms with Crippen LogP contribution in [0.25, 0.3) is 0 Å².